The van der Waals surface area contributed by atoms with Crippen LogP contribution in [0.3, 0.4) is 0 Å². The quantitative estimate of drug-likeness (QED) is 0.467. The van der Waals surface area contributed by atoms with Crippen molar-refractivity contribution in [1.82, 2.24) is 4.57 Å². The van der Waals surface area contributed by atoms with Gasteiger partial charge in [-0.05, 0) is 65.2 Å². The lowest BCUT2D eigenvalue weighted by atomic mass is 10.4. The van der Waals surface area contributed by atoms with Gasteiger partial charge in [0.15, 0.2) is 0 Å². The van der Waals surface area contributed by atoms with Gasteiger partial charge in [0.1, 0.15) is 5.84 Å². The maximum absolute atomic E-state index is 7.84. The molecule has 2 nitrogen and oxygen atoms in total. The molecule has 0 atom stereocenters. The lowest BCUT2D eigenvalue weighted by Gasteiger charge is -2.06. The van der Waals surface area contributed by atoms with Crippen molar-refractivity contribution in [3.63, 3.8) is 0 Å². The van der Waals surface area contributed by atoms with Gasteiger partial charge in [-0.2, -0.15) is 0 Å². The number of allylic oxidation sites excluding steroid dienone is 2. The fourth-order valence-electron chi connectivity index (χ4n) is 1.30. The lowest BCUT2D eigenvalue weighted by molar-refractivity contribution is 1.02. The summed E-state index contributed by atoms with van der Waals surface area (Å²) in [6, 6.07) is 4.06. The smallest absolute Gasteiger partial charge is 0.129 e. The number of nitrogens with zero attached hydrogens (tertiary/aromatic N) is 1. The Labute approximate surface area is 92.3 Å². The number of hydrogen-bond donors (Lipinski definition) is 1. The first-order valence-corrected chi connectivity index (χ1v) is 5.18. The molecular weight excluding hydrogens is 275 g/mol. The minimum atomic E-state index is 0.534. The van der Waals surface area contributed by atoms with Gasteiger partial charge in [-0.1, -0.05) is 0 Å². The van der Waals surface area contributed by atoms with Gasteiger partial charge in [0.2, 0.25) is 0 Å². The predicted molar refractivity (Wildman–Crippen MR) is 64.8 cm³/mol. The highest BCUT2D eigenvalue weighted by Crippen LogP contribution is 2.10. The molecular formula is C10H13IN2. The zero-order chi connectivity index (χ0) is 10.0. The Morgan fingerprint density at radius 1 is 1.38 bits per heavy atom. The van der Waals surface area contributed by atoms with E-state index in [2.05, 4.69) is 22.6 Å². The first-order chi connectivity index (χ1) is 6.02. The molecule has 0 bridgehead atoms. The number of halogens is 1. The highest BCUT2D eigenvalue weighted by atomic mass is 127. The van der Waals surface area contributed by atoms with E-state index in [4.69, 9.17) is 5.41 Å². The Hall–Kier alpha value is -0.580. The van der Waals surface area contributed by atoms with Crippen LogP contribution in [0.5, 0.6) is 0 Å². The molecule has 1 aromatic heterocycles. The van der Waals surface area contributed by atoms with Crippen LogP contribution < -0.4 is 0 Å². The van der Waals surface area contributed by atoms with Gasteiger partial charge in [0.05, 0.1) is 0 Å². The van der Waals surface area contributed by atoms with E-state index in [1.807, 2.05) is 43.5 Å². The number of nitrogens with one attached hydrogen (secondary N) is 1. The Morgan fingerprint density at radius 2 is 1.85 bits per heavy atom. The van der Waals surface area contributed by atoms with E-state index in [9.17, 15) is 0 Å². The van der Waals surface area contributed by atoms with Crippen LogP contribution in [0.15, 0.2) is 21.8 Å². The van der Waals surface area contributed by atoms with Crippen LogP contribution in [0, 0.1) is 19.3 Å². The standard InChI is InChI=1S/C10H13IN2/c1-7(11)6-10(12)13-8(2)4-5-9(13)3/h4-6,12H,1-3H3/b7-6+,12-10?. The molecule has 1 heterocycles. The van der Waals surface area contributed by atoms with E-state index in [1.165, 1.54) is 0 Å². The van der Waals surface area contributed by atoms with E-state index < -0.39 is 0 Å². The second-order valence-electron chi connectivity index (χ2n) is 3.07. The largest absolute Gasteiger partial charge is 0.304 e. The minimum absolute atomic E-state index is 0.534. The number of hydrogen-bond acceptors (Lipinski definition) is 1. The summed E-state index contributed by atoms with van der Waals surface area (Å²) in [5.74, 6) is 0.534. The molecule has 0 spiro atoms. The lowest BCUT2D eigenvalue weighted by Crippen LogP contribution is -2.10. The summed E-state index contributed by atoms with van der Waals surface area (Å²) in [5, 5.41) is 7.84. The molecule has 1 rings (SSSR count). The second kappa shape index (κ2) is 4.09. The maximum atomic E-state index is 7.84. The number of aryl methyl sites for hydroxylation is 2. The molecule has 0 aliphatic carbocycles. The van der Waals surface area contributed by atoms with Gasteiger partial charge in [-0.25, -0.2) is 0 Å². The molecule has 0 fully saturated rings. The second-order valence-corrected chi connectivity index (χ2v) is 4.77. The molecule has 0 amide bonds. The Bertz CT molecular complexity index is 338. The molecule has 0 saturated heterocycles. The van der Waals surface area contributed by atoms with E-state index in [0.29, 0.717) is 5.84 Å². The summed E-state index contributed by atoms with van der Waals surface area (Å²) in [4.78, 5) is 0. The fourth-order valence-corrected chi connectivity index (χ4v) is 1.60. The van der Waals surface area contributed by atoms with Crippen LogP contribution in [0.2, 0.25) is 0 Å². The van der Waals surface area contributed by atoms with Crippen molar-refractivity contribution < 1.29 is 0 Å². The third-order valence-corrected chi connectivity index (χ3v) is 2.16. The molecule has 0 unspecified atom stereocenters. The van der Waals surface area contributed by atoms with Crippen LogP contribution in [-0.4, -0.2) is 10.4 Å². The topological polar surface area (TPSA) is 28.8 Å². The Balaban J connectivity index is 3.08. The van der Waals surface area contributed by atoms with Crippen molar-refractivity contribution >= 4 is 28.4 Å². The maximum Gasteiger partial charge on any atom is 0.129 e. The molecule has 0 aliphatic rings. The molecule has 0 saturated carbocycles. The first kappa shape index (κ1) is 10.5. The van der Waals surface area contributed by atoms with E-state index in [0.717, 1.165) is 15.0 Å². The summed E-state index contributed by atoms with van der Waals surface area (Å²) in [5.41, 5.74) is 2.22. The third-order valence-electron chi connectivity index (χ3n) is 1.85. The Kier molecular flexibility index (Phi) is 3.30. The number of rotatable bonds is 1. The van der Waals surface area contributed by atoms with Crippen LogP contribution >= 0.6 is 22.6 Å². The van der Waals surface area contributed by atoms with Crippen LogP contribution in [0.1, 0.15) is 18.3 Å². The van der Waals surface area contributed by atoms with Crippen molar-refractivity contribution in [3.05, 3.63) is 33.2 Å². The SMILES string of the molecule is C/C(I)=C\C(=N)n1c(C)ccc1C. The van der Waals surface area contributed by atoms with Gasteiger partial charge in [0, 0.05) is 11.4 Å². The zero-order valence-corrected chi connectivity index (χ0v) is 10.2. The molecule has 0 radical (unpaired) electrons. The third kappa shape index (κ3) is 2.43. The van der Waals surface area contributed by atoms with Gasteiger partial charge in [-0.3, -0.25) is 5.41 Å². The normalized spacial score (nSPS) is 11.8. The average molecular weight is 288 g/mol. The zero-order valence-electron chi connectivity index (χ0n) is 8.06. The highest BCUT2D eigenvalue weighted by Gasteiger charge is 2.03. The molecule has 0 aromatic carbocycles. The van der Waals surface area contributed by atoms with E-state index >= 15 is 0 Å². The molecule has 70 valence electrons. The summed E-state index contributed by atoms with van der Waals surface area (Å²) < 4.78 is 3.05. The van der Waals surface area contributed by atoms with Crippen molar-refractivity contribution in [2.24, 2.45) is 0 Å². The minimum Gasteiger partial charge on any atom is -0.304 e. The highest BCUT2D eigenvalue weighted by molar-refractivity contribution is 14.1. The molecule has 3 heteroatoms. The van der Waals surface area contributed by atoms with Crippen molar-refractivity contribution in [2.75, 3.05) is 0 Å². The molecule has 1 N–H and O–H groups in total. The number of aromatic nitrogens is 1. The van der Waals surface area contributed by atoms with Gasteiger partial charge < -0.3 is 4.57 Å². The van der Waals surface area contributed by atoms with Crippen molar-refractivity contribution in [3.8, 4) is 0 Å². The summed E-state index contributed by atoms with van der Waals surface area (Å²) in [7, 11) is 0. The van der Waals surface area contributed by atoms with Gasteiger partial charge in [0.25, 0.3) is 0 Å². The summed E-state index contributed by atoms with van der Waals surface area (Å²) in [6.07, 6.45) is 1.86. The summed E-state index contributed by atoms with van der Waals surface area (Å²) in [6.45, 7) is 6.01. The molecule has 0 aliphatic heterocycles. The Morgan fingerprint density at radius 3 is 2.23 bits per heavy atom. The van der Waals surface area contributed by atoms with Crippen molar-refractivity contribution in [1.29, 1.82) is 5.41 Å². The van der Waals surface area contributed by atoms with Crippen molar-refractivity contribution in [2.45, 2.75) is 20.8 Å². The fraction of sp³-hybridized carbons (Fsp3) is 0.300. The van der Waals surface area contributed by atoms with Gasteiger partial charge in [-0.15, -0.1) is 0 Å². The van der Waals surface area contributed by atoms with Gasteiger partial charge >= 0.3 is 0 Å². The van der Waals surface area contributed by atoms with Crippen LogP contribution in [0.25, 0.3) is 0 Å². The van der Waals surface area contributed by atoms with E-state index in [-0.39, 0.29) is 0 Å². The van der Waals surface area contributed by atoms with E-state index in [1.54, 1.807) is 0 Å². The molecule has 1 aromatic rings. The first-order valence-electron chi connectivity index (χ1n) is 4.10. The van der Waals surface area contributed by atoms with Crippen LogP contribution in [0.4, 0.5) is 0 Å². The average Bonchev–Trinajstić information content (AvgIpc) is 2.29. The predicted octanol–water partition coefficient (Wildman–Crippen LogP) is 3.27. The monoisotopic (exact) mass is 288 g/mol. The summed E-state index contributed by atoms with van der Waals surface area (Å²) >= 11 is 2.21. The van der Waals surface area contributed by atoms with Crippen LogP contribution in [-0.2, 0) is 0 Å². The molecule has 13 heavy (non-hydrogen) atoms.